The quantitative estimate of drug-likeness (QED) is 0.482. The molecule has 5 rings (SSSR count). The van der Waals surface area contributed by atoms with Gasteiger partial charge in [0.05, 0.1) is 0 Å². The molecule has 0 N–H and O–H groups in total. The van der Waals surface area contributed by atoms with Crippen molar-refractivity contribution < 1.29 is 9.47 Å². The van der Waals surface area contributed by atoms with Gasteiger partial charge in [0, 0.05) is 25.7 Å². The van der Waals surface area contributed by atoms with E-state index in [0.29, 0.717) is 0 Å². The monoisotopic (exact) mass is 244 g/mol. The summed E-state index contributed by atoms with van der Waals surface area (Å²) in [5.41, 5.74) is 3.59. The van der Waals surface area contributed by atoms with Crippen LogP contribution in [0, 0.1) is 0 Å². The molecule has 96 valence electrons. The average molecular weight is 244 g/mol. The predicted molar refractivity (Wildman–Crippen MR) is 68.3 cm³/mol. The van der Waals surface area contributed by atoms with E-state index >= 15 is 0 Å². The molecule has 2 heteroatoms. The zero-order valence-electron chi connectivity index (χ0n) is 11.2. The first kappa shape index (κ1) is 10.2. The second-order valence-electron chi connectivity index (χ2n) is 7.40. The van der Waals surface area contributed by atoms with E-state index in [1.54, 1.807) is 0 Å². The van der Waals surface area contributed by atoms with Gasteiger partial charge >= 0.3 is 0 Å². The van der Waals surface area contributed by atoms with Crippen molar-refractivity contribution in [3.8, 4) is 0 Å². The summed E-state index contributed by atoms with van der Waals surface area (Å²) in [6.45, 7) is 4.50. The van der Waals surface area contributed by atoms with Crippen LogP contribution in [0.3, 0.4) is 0 Å². The Morgan fingerprint density at radius 3 is 1.67 bits per heavy atom. The summed E-state index contributed by atoms with van der Waals surface area (Å²) < 4.78 is 12.7. The maximum absolute atomic E-state index is 6.35. The number of hydrogen-bond donors (Lipinski definition) is 0. The van der Waals surface area contributed by atoms with E-state index in [4.69, 9.17) is 9.47 Å². The van der Waals surface area contributed by atoms with Crippen LogP contribution in [0.4, 0.5) is 0 Å². The Balaban J connectivity index is 1.57. The van der Waals surface area contributed by atoms with E-state index in [2.05, 4.69) is 26.0 Å². The lowest BCUT2D eigenvalue weighted by Gasteiger charge is -2.36. The van der Waals surface area contributed by atoms with Crippen molar-refractivity contribution in [2.75, 3.05) is 0 Å². The predicted octanol–water partition coefficient (Wildman–Crippen LogP) is 3.28. The third kappa shape index (κ3) is 0.905. The highest BCUT2D eigenvalue weighted by molar-refractivity contribution is 5.42. The minimum atomic E-state index is 0.143. The lowest BCUT2D eigenvalue weighted by atomic mass is 9.60. The molecule has 3 fully saturated rings. The molecule has 5 aliphatic rings. The zero-order valence-corrected chi connectivity index (χ0v) is 11.2. The first-order chi connectivity index (χ1) is 8.53. The highest BCUT2D eigenvalue weighted by Gasteiger charge is 2.86. The summed E-state index contributed by atoms with van der Waals surface area (Å²) in [4.78, 5) is 0. The van der Waals surface area contributed by atoms with Gasteiger partial charge in [0.25, 0.3) is 0 Å². The molecule has 18 heavy (non-hydrogen) atoms. The molecule has 0 radical (unpaired) electrons. The Morgan fingerprint density at radius 1 is 0.778 bits per heavy atom. The normalized spacial score (nSPS) is 59.4. The maximum atomic E-state index is 6.35. The van der Waals surface area contributed by atoms with Crippen LogP contribution in [-0.2, 0) is 9.47 Å². The van der Waals surface area contributed by atoms with Crippen molar-refractivity contribution in [3.63, 3.8) is 0 Å². The van der Waals surface area contributed by atoms with Gasteiger partial charge in [-0.05, 0) is 26.7 Å². The van der Waals surface area contributed by atoms with E-state index in [9.17, 15) is 0 Å². The van der Waals surface area contributed by atoms with E-state index < -0.39 is 0 Å². The highest BCUT2D eigenvalue weighted by atomic mass is 16.7. The van der Waals surface area contributed by atoms with Crippen LogP contribution in [0.15, 0.2) is 23.3 Å². The molecule has 4 atom stereocenters. The molecule has 0 unspecified atom stereocenters. The molecule has 2 saturated heterocycles. The average Bonchev–Trinajstić information content (AvgIpc) is 3.10. The van der Waals surface area contributed by atoms with Crippen molar-refractivity contribution >= 4 is 0 Å². The number of ether oxygens (including phenoxy) is 2. The van der Waals surface area contributed by atoms with Crippen LogP contribution in [0.1, 0.15) is 52.4 Å². The van der Waals surface area contributed by atoms with Gasteiger partial charge < -0.3 is 9.47 Å². The van der Waals surface area contributed by atoms with Crippen LogP contribution in [-0.4, -0.2) is 22.4 Å². The van der Waals surface area contributed by atoms with E-state index in [1.807, 2.05) is 0 Å². The molecule has 0 aromatic heterocycles. The van der Waals surface area contributed by atoms with Crippen LogP contribution in [0.25, 0.3) is 0 Å². The van der Waals surface area contributed by atoms with E-state index in [0.717, 1.165) is 38.5 Å². The molecule has 1 saturated carbocycles. The van der Waals surface area contributed by atoms with E-state index in [1.165, 1.54) is 11.1 Å². The van der Waals surface area contributed by atoms with Gasteiger partial charge in [0.15, 0.2) is 0 Å². The Bertz CT molecular complexity index is 485. The Hall–Kier alpha value is -0.600. The summed E-state index contributed by atoms with van der Waals surface area (Å²) in [6, 6.07) is 0. The topological polar surface area (TPSA) is 25.1 Å². The summed E-state index contributed by atoms with van der Waals surface area (Å²) in [6.07, 6.45) is 11.6. The van der Waals surface area contributed by atoms with Crippen molar-refractivity contribution in [3.05, 3.63) is 23.3 Å². The first-order valence-corrected chi connectivity index (χ1v) is 7.25. The Morgan fingerprint density at radius 2 is 1.22 bits per heavy atom. The standard InChI is InChI=1S/C16H20O2/c1-11-3-5-13-10-16-8-12(2)4-6-14(16,18-16)9-15(13,7-11)17-13/h3-4H,5-10H2,1-2H3/t13-,14+,15-,16+. The summed E-state index contributed by atoms with van der Waals surface area (Å²) in [7, 11) is 0. The molecular formula is C16H20O2. The lowest BCUT2D eigenvalue weighted by Crippen LogP contribution is -2.46. The van der Waals surface area contributed by atoms with Gasteiger partial charge in [0.1, 0.15) is 22.4 Å². The lowest BCUT2D eigenvalue weighted by molar-refractivity contribution is 0.180. The highest BCUT2D eigenvalue weighted by Crippen LogP contribution is 2.77. The summed E-state index contributed by atoms with van der Waals surface area (Å²) in [5.74, 6) is 0. The smallest absolute Gasteiger partial charge is 0.105 e. The number of epoxide rings is 2. The van der Waals surface area contributed by atoms with Gasteiger partial charge in [-0.25, -0.2) is 0 Å². The number of rotatable bonds is 0. The van der Waals surface area contributed by atoms with Crippen molar-refractivity contribution in [1.29, 1.82) is 0 Å². The summed E-state index contributed by atoms with van der Waals surface area (Å²) in [5, 5.41) is 0. The number of hydrogen-bond acceptors (Lipinski definition) is 2. The minimum absolute atomic E-state index is 0.143. The van der Waals surface area contributed by atoms with Gasteiger partial charge in [-0.2, -0.15) is 0 Å². The third-order valence-electron chi connectivity index (χ3n) is 6.19. The van der Waals surface area contributed by atoms with Crippen molar-refractivity contribution in [2.24, 2.45) is 0 Å². The Labute approximate surface area is 108 Å². The van der Waals surface area contributed by atoms with Crippen LogP contribution in [0.5, 0.6) is 0 Å². The van der Waals surface area contributed by atoms with E-state index in [-0.39, 0.29) is 22.4 Å². The second-order valence-corrected chi connectivity index (χ2v) is 7.40. The van der Waals surface area contributed by atoms with Crippen LogP contribution < -0.4 is 0 Å². The molecule has 2 nitrogen and oxygen atoms in total. The summed E-state index contributed by atoms with van der Waals surface area (Å²) >= 11 is 0. The van der Waals surface area contributed by atoms with Gasteiger partial charge in [-0.1, -0.05) is 23.3 Å². The zero-order chi connectivity index (χ0) is 12.2. The van der Waals surface area contributed by atoms with Gasteiger partial charge in [0.2, 0.25) is 0 Å². The van der Waals surface area contributed by atoms with Crippen molar-refractivity contribution in [2.45, 2.75) is 74.8 Å². The largest absolute Gasteiger partial charge is 0.362 e. The molecular weight excluding hydrogens is 224 g/mol. The molecule has 3 aliphatic carbocycles. The van der Waals surface area contributed by atoms with Crippen molar-refractivity contribution in [1.82, 2.24) is 0 Å². The fraction of sp³-hybridized carbons (Fsp3) is 0.750. The molecule has 0 aromatic rings. The first-order valence-electron chi connectivity index (χ1n) is 7.25. The SMILES string of the molecule is CC1=CC[C@@]23C[C@@]45CC(C)=CC[C@@]4(C[C@@]2(C1)O3)O5. The third-order valence-corrected chi connectivity index (χ3v) is 6.19. The van der Waals surface area contributed by atoms with Crippen LogP contribution in [0.2, 0.25) is 0 Å². The van der Waals surface area contributed by atoms with Gasteiger partial charge in [-0.3, -0.25) is 0 Å². The molecule has 0 spiro atoms. The molecule has 0 aromatic carbocycles. The molecule has 2 aliphatic heterocycles. The van der Waals surface area contributed by atoms with Crippen LogP contribution >= 0.6 is 0 Å². The fourth-order valence-electron chi connectivity index (χ4n) is 5.25. The molecule has 0 bridgehead atoms. The minimum Gasteiger partial charge on any atom is -0.362 e. The Kier molecular flexibility index (Phi) is 1.42. The second kappa shape index (κ2) is 2.51. The molecule has 0 amide bonds. The molecule has 2 heterocycles. The van der Waals surface area contributed by atoms with Gasteiger partial charge in [-0.15, -0.1) is 0 Å². The maximum Gasteiger partial charge on any atom is 0.105 e. The fourth-order valence-corrected chi connectivity index (χ4v) is 5.25.